The largest absolute Gasteiger partial charge is 0.507 e. The molecule has 2 amide bonds. The number of rotatable bonds is 7. The van der Waals surface area contributed by atoms with E-state index < -0.39 is 0 Å². The predicted molar refractivity (Wildman–Crippen MR) is 155 cm³/mol. The summed E-state index contributed by atoms with van der Waals surface area (Å²) in [6, 6.07) is 17.8. The smallest absolute Gasteiger partial charge is 0.319 e. The van der Waals surface area contributed by atoms with Gasteiger partial charge in [0.15, 0.2) is 0 Å². The summed E-state index contributed by atoms with van der Waals surface area (Å²) >= 11 is 0. The van der Waals surface area contributed by atoms with Gasteiger partial charge >= 0.3 is 6.03 Å². The van der Waals surface area contributed by atoms with Crippen molar-refractivity contribution in [1.82, 2.24) is 5.32 Å². The first kappa shape index (κ1) is 29.2. The number of carbonyl (C=O) groups is 1. The Bertz CT molecular complexity index is 1220. The summed E-state index contributed by atoms with van der Waals surface area (Å²) in [5.74, 6) is 0.214. The van der Waals surface area contributed by atoms with Gasteiger partial charge in [0.05, 0.1) is 6.04 Å². The first-order valence-electron chi connectivity index (χ1n) is 13.4. The zero-order chi connectivity index (χ0) is 28.3. The summed E-state index contributed by atoms with van der Waals surface area (Å²) in [5, 5.41) is 17.1. The highest BCUT2D eigenvalue weighted by molar-refractivity contribution is 5.90. The zero-order valence-corrected chi connectivity index (χ0v) is 24.1. The Kier molecular flexibility index (Phi) is 8.91. The van der Waals surface area contributed by atoms with E-state index in [9.17, 15) is 14.3 Å². The van der Waals surface area contributed by atoms with Gasteiger partial charge in [0, 0.05) is 5.69 Å². The van der Waals surface area contributed by atoms with Crippen LogP contribution in [0.3, 0.4) is 0 Å². The second-order valence-corrected chi connectivity index (χ2v) is 12.6. The van der Waals surface area contributed by atoms with Crippen LogP contribution in [0.1, 0.15) is 89.2 Å². The van der Waals surface area contributed by atoms with E-state index in [1.165, 1.54) is 12.1 Å². The number of urea groups is 1. The van der Waals surface area contributed by atoms with E-state index in [0.717, 1.165) is 46.3 Å². The molecule has 204 valence electrons. The minimum atomic E-state index is -0.299. The average Bonchev–Trinajstić information content (AvgIpc) is 2.81. The number of anilines is 1. The summed E-state index contributed by atoms with van der Waals surface area (Å²) in [6.07, 6.45) is 1.51. The molecule has 5 heteroatoms. The third-order valence-electron chi connectivity index (χ3n) is 6.92. The standard InChI is InChI=1S/C33H43FN2O2/c1-21(2)29(24-15-17-25(34)18-16-24)36-31(38)35-28-12-10-9-11-23(28)14-13-22-19-26(32(3,4)5)30(37)27(20-22)33(6,7)8/h9-12,15-21,29,37H,13-14H2,1-8H3,(H2,35,36,38). The quantitative estimate of drug-likeness (QED) is 0.294. The van der Waals surface area contributed by atoms with Crippen LogP contribution in [0.15, 0.2) is 60.7 Å². The van der Waals surface area contributed by atoms with Crippen LogP contribution >= 0.6 is 0 Å². The van der Waals surface area contributed by atoms with E-state index in [4.69, 9.17) is 0 Å². The molecule has 0 radical (unpaired) electrons. The van der Waals surface area contributed by atoms with Gasteiger partial charge in [-0.15, -0.1) is 0 Å². The van der Waals surface area contributed by atoms with Crippen LogP contribution in [0.2, 0.25) is 0 Å². The number of halogens is 1. The van der Waals surface area contributed by atoms with Crippen molar-refractivity contribution in [3.8, 4) is 5.75 Å². The number of benzene rings is 3. The maximum absolute atomic E-state index is 13.4. The molecule has 4 nitrogen and oxygen atoms in total. The third kappa shape index (κ3) is 7.37. The molecule has 1 unspecified atom stereocenters. The highest BCUT2D eigenvalue weighted by Crippen LogP contribution is 2.40. The molecule has 3 N–H and O–H groups in total. The molecule has 0 aromatic heterocycles. The summed E-state index contributed by atoms with van der Waals surface area (Å²) < 4.78 is 13.4. The Labute approximate surface area is 227 Å². The lowest BCUT2D eigenvalue weighted by Crippen LogP contribution is -2.35. The molecule has 3 aromatic carbocycles. The summed E-state index contributed by atoms with van der Waals surface area (Å²) in [5.41, 5.74) is 5.35. The molecule has 0 saturated carbocycles. The van der Waals surface area contributed by atoms with Crippen molar-refractivity contribution in [2.24, 2.45) is 5.92 Å². The van der Waals surface area contributed by atoms with Gasteiger partial charge in [-0.3, -0.25) is 0 Å². The zero-order valence-electron chi connectivity index (χ0n) is 24.1. The second kappa shape index (κ2) is 11.6. The normalized spacial score (nSPS) is 12.9. The number of phenols is 1. The minimum absolute atomic E-state index is 0.130. The SMILES string of the molecule is CC(C)C(NC(=O)Nc1ccccc1CCc1cc(C(C)(C)C)c(O)c(C(C)(C)C)c1)c1ccc(F)cc1. The van der Waals surface area contributed by atoms with E-state index in [0.29, 0.717) is 5.75 Å². The van der Waals surface area contributed by atoms with Crippen molar-refractivity contribution in [1.29, 1.82) is 0 Å². The molecule has 0 aliphatic carbocycles. The van der Waals surface area contributed by atoms with Gasteiger partial charge in [-0.25, -0.2) is 9.18 Å². The molecule has 0 heterocycles. The van der Waals surface area contributed by atoms with Crippen LogP contribution in [0.25, 0.3) is 0 Å². The number of hydrogen-bond donors (Lipinski definition) is 3. The lowest BCUT2D eigenvalue weighted by molar-refractivity contribution is 0.244. The first-order valence-corrected chi connectivity index (χ1v) is 13.4. The van der Waals surface area contributed by atoms with Crippen LogP contribution in [-0.2, 0) is 23.7 Å². The van der Waals surface area contributed by atoms with Crippen molar-refractivity contribution >= 4 is 11.7 Å². The summed E-state index contributed by atoms with van der Waals surface area (Å²) in [7, 11) is 0. The maximum Gasteiger partial charge on any atom is 0.319 e. The molecule has 0 aliphatic heterocycles. The van der Waals surface area contributed by atoms with Crippen molar-refractivity contribution in [3.05, 3.63) is 94.3 Å². The Balaban J connectivity index is 1.80. The van der Waals surface area contributed by atoms with Crippen LogP contribution in [0, 0.1) is 11.7 Å². The van der Waals surface area contributed by atoms with Gasteiger partial charge < -0.3 is 15.7 Å². The molecule has 38 heavy (non-hydrogen) atoms. The molecular weight excluding hydrogens is 475 g/mol. The van der Waals surface area contributed by atoms with E-state index in [2.05, 4.69) is 64.3 Å². The molecule has 0 saturated heterocycles. The number of carbonyl (C=O) groups excluding carboxylic acids is 1. The third-order valence-corrected chi connectivity index (χ3v) is 6.92. The lowest BCUT2D eigenvalue weighted by atomic mass is 9.78. The number of para-hydroxylation sites is 1. The number of nitrogens with one attached hydrogen (secondary N) is 2. The van der Waals surface area contributed by atoms with E-state index >= 15 is 0 Å². The summed E-state index contributed by atoms with van der Waals surface area (Å²) in [4.78, 5) is 13.0. The number of aryl methyl sites for hydroxylation is 2. The Hall–Kier alpha value is -3.34. The molecular formula is C33H43FN2O2. The second-order valence-electron chi connectivity index (χ2n) is 12.6. The summed E-state index contributed by atoms with van der Waals surface area (Å²) in [6.45, 7) is 16.8. The van der Waals surface area contributed by atoms with Crippen LogP contribution in [0.5, 0.6) is 5.75 Å². The molecule has 0 fully saturated rings. The van der Waals surface area contributed by atoms with Crippen LogP contribution in [-0.4, -0.2) is 11.1 Å². The highest BCUT2D eigenvalue weighted by Gasteiger charge is 2.26. The topological polar surface area (TPSA) is 61.4 Å². The fraction of sp³-hybridized carbons (Fsp3) is 0.424. The van der Waals surface area contributed by atoms with Gasteiger partial charge in [0.25, 0.3) is 0 Å². The molecule has 0 bridgehead atoms. The van der Waals surface area contributed by atoms with Crippen molar-refractivity contribution in [2.45, 2.75) is 85.1 Å². The van der Waals surface area contributed by atoms with Crippen molar-refractivity contribution in [3.63, 3.8) is 0 Å². The molecule has 3 aromatic rings. The lowest BCUT2D eigenvalue weighted by Gasteiger charge is -2.28. The Morgan fingerprint density at radius 2 is 1.42 bits per heavy atom. The van der Waals surface area contributed by atoms with Gasteiger partial charge in [-0.1, -0.05) is 97.9 Å². The van der Waals surface area contributed by atoms with Crippen molar-refractivity contribution in [2.75, 3.05) is 5.32 Å². The van der Waals surface area contributed by atoms with Crippen LogP contribution in [0.4, 0.5) is 14.9 Å². The monoisotopic (exact) mass is 518 g/mol. The number of aromatic hydroxyl groups is 1. The van der Waals surface area contributed by atoms with E-state index in [1.54, 1.807) is 12.1 Å². The number of hydrogen-bond acceptors (Lipinski definition) is 2. The van der Waals surface area contributed by atoms with E-state index in [1.807, 2.05) is 38.1 Å². The predicted octanol–water partition coefficient (Wildman–Crippen LogP) is 8.43. The fourth-order valence-corrected chi connectivity index (χ4v) is 4.73. The van der Waals surface area contributed by atoms with Crippen molar-refractivity contribution < 1.29 is 14.3 Å². The van der Waals surface area contributed by atoms with E-state index in [-0.39, 0.29) is 34.6 Å². The molecule has 1 atom stereocenters. The molecule has 3 rings (SSSR count). The maximum atomic E-state index is 13.4. The van der Waals surface area contributed by atoms with Gasteiger partial charge in [-0.05, 0) is 75.6 Å². The number of phenolic OH excluding ortho intramolecular Hbond substituents is 1. The molecule has 0 spiro atoms. The van der Waals surface area contributed by atoms with Gasteiger partial charge in [-0.2, -0.15) is 0 Å². The fourth-order valence-electron chi connectivity index (χ4n) is 4.73. The van der Waals surface area contributed by atoms with Gasteiger partial charge in [0.1, 0.15) is 11.6 Å². The highest BCUT2D eigenvalue weighted by atomic mass is 19.1. The first-order chi connectivity index (χ1) is 17.7. The Morgan fingerprint density at radius 3 is 1.95 bits per heavy atom. The Morgan fingerprint density at radius 1 is 0.868 bits per heavy atom. The average molecular weight is 519 g/mol. The van der Waals surface area contributed by atoms with Gasteiger partial charge in [0.2, 0.25) is 0 Å². The number of amides is 2. The minimum Gasteiger partial charge on any atom is -0.507 e. The molecule has 0 aliphatic rings. The van der Waals surface area contributed by atoms with Crippen LogP contribution < -0.4 is 10.6 Å².